The van der Waals surface area contributed by atoms with E-state index in [1.54, 1.807) is 0 Å². The van der Waals surface area contributed by atoms with Gasteiger partial charge >= 0.3 is 0 Å². The number of amides is 1. The van der Waals surface area contributed by atoms with E-state index in [-0.39, 0.29) is 22.5 Å². The van der Waals surface area contributed by atoms with Gasteiger partial charge in [-0.25, -0.2) is 0 Å². The van der Waals surface area contributed by atoms with Crippen LogP contribution < -0.4 is 10.2 Å². The van der Waals surface area contributed by atoms with Crippen molar-refractivity contribution in [2.45, 2.75) is 124 Å². The summed E-state index contributed by atoms with van der Waals surface area (Å²) >= 11 is 0. The molecule has 0 fully saturated rings. The lowest BCUT2D eigenvalue weighted by atomic mass is 9.81. The predicted molar refractivity (Wildman–Crippen MR) is 233 cm³/mol. The summed E-state index contributed by atoms with van der Waals surface area (Å²) in [6, 6.07) is 17.3. The van der Waals surface area contributed by atoms with E-state index >= 15 is 0 Å². The van der Waals surface area contributed by atoms with E-state index in [0.29, 0.717) is 32.4 Å². The van der Waals surface area contributed by atoms with E-state index in [9.17, 15) is 17.8 Å². The van der Waals surface area contributed by atoms with Gasteiger partial charge in [-0.15, -0.1) is 0 Å². The topological polar surface area (TPSA) is 93.0 Å². The maximum Gasteiger partial charge on any atom is 0.264 e. The Morgan fingerprint density at radius 2 is 1.59 bits per heavy atom. The molecular weight excluding hydrogens is 717 g/mol. The molecule has 2 heterocycles. The van der Waals surface area contributed by atoms with Crippen molar-refractivity contribution in [3.8, 4) is 0 Å². The third-order valence-electron chi connectivity index (χ3n) is 12.0. The Morgan fingerprint density at radius 3 is 2.30 bits per heavy atom. The molecule has 2 aromatic carbocycles. The summed E-state index contributed by atoms with van der Waals surface area (Å²) in [6.07, 6.45) is 18.1. The summed E-state index contributed by atoms with van der Waals surface area (Å²) in [5, 5.41) is 3.84. The molecule has 0 bridgehead atoms. The van der Waals surface area contributed by atoms with Crippen LogP contribution in [0.4, 0.5) is 11.4 Å². The van der Waals surface area contributed by atoms with Crippen LogP contribution in [-0.2, 0) is 25.7 Å². The quantitative estimate of drug-likeness (QED) is 0.0838. The van der Waals surface area contributed by atoms with Gasteiger partial charge in [0.25, 0.3) is 10.1 Å². The van der Waals surface area contributed by atoms with Gasteiger partial charge in [0.05, 0.1) is 11.2 Å². The Labute approximate surface area is 337 Å². The summed E-state index contributed by atoms with van der Waals surface area (Å²) < 4.78 is 34.8. The van der Waals surface area contributed by atoms with E-state index in [0.717, 1.165) is 57.4 Å². The number of nitrogens with one attached hydrogen (secondary N) is 1. The molecule has 0 aromatic heterocycles. The van der Waals surface area contributed by atoms with Gasteiger partial charge in [0, 0.05) is 79.2 Å². The second-order valence-corrected chi connectivity index (χ2v) is 18.2. The van der Waals surface area contributed by atoms with Crippen LogP contribution in [0.3, 0.4) is 0 Å². The van der Waals surface area contributed by atoms with E-state index < -0.39 is 10.1 Å². The number of para-hydroxylation sites is 2. The average Bonchev–Trinajstić information content (AvgIpc) is 3.52. The highest BCUT2D eigenvalue weighted by Crippen LogP contribution is 2.48. The molecule has 0 spiro atoms. The third kappa shape index (κ3) is 9.94. The zero-order valence-electron chi connectivity index (χ0n) is 35.2. The van der Waals surface area contributed by atoms with Crippen molar-refractivity contribution < 1.29 is 22.3 Å². The molecule has 2 aliphatic heterocycles. The lowest BCUT2D eigenvalue weighted by Gasteiger charge is -2.28. The number of allylic oxidation sites excluding steroid dienone is 7. The van der Waals surface area contributed by atoms with Crippen molar-refractivity contribution in [1.29, 1.82) is 0 Å². The van der Waals surface area contributed by atoms with Gasteiger partial charge in [-0.1, -0.05) is 75.7 Å². The number of hydrogen-bond donors (Lipinski definition) is 2. The summed E-state index contributed by atoms with van der Waals surface area (Å²) in [4.78, 5) is 17.1. The Hall–Kier alpha value is -3.95. The van der Waals surface area contributed by atoms with Crippen molar-refractivity contribution in [1.82, 2.24) is 10.2 Å². The zero-order valence-corrected chi connectivity index (χ0v) is 36.0. The number of benzene rings is 2. The number of nitrogens with zero attached hydrogens (tertiary/aromatic N) is 3. The largest absolute Gasteiger partial charge is 0.385 e. The molecule has 56 heavy (non-hydrogen) atoms. The van der Waals surface area contributed by atoms with Gasteiger partial charge in [-0.2, -0.15) is 13.0 Å². The molecule has 0 saturated heterocycles. The van der Waals surface area contributed by atoms with Crippen LogP contribution in [0.1, 0.15) is 124 Å². The lowest BCUT2D eigenvalue weighted by molar-refractivity contribution is -0.438. The Bertz CT molecular complexity index is 1980. The van der Waals surface area contributed by atoms with Gasteiger partial charge in [0.15, 0.2) is 5.71 Å². The van der Waals surface area contributed by atoms with E-state index in [4.69, 9.17) is 0 Å². The van der Waals surface area contributed by atoms with Gasteiger partial charge in [0.1, 0.15) is 6.54 Å². The molecule has 1 amide bonds. The minimum Gasteiger partial charge on any atom is -0.385 e. The van der Waals surface area contributed by atoms with E-state index in [1.807, 2.05) is 18.7 Å². The number of fused-ring (bicyclic) bond motifs is 2. The van der Waals surface area contributed by atoms with Crippen LogP contribution in [0.5, 0.6) is 0 Å². The Kier molecular flexibility index (Phi) is 14.6. The SMILES string of the molecule is CCCCC[N+]1=C(C=CC2=C(NCCCC(=O)N(CC)CC)C(=CC=C3N(CCCCS(=O)(=O)O)c4ccccc4C3(C)C)CCC2)C(C)(C)c2ccccc21. The molecule has 0 saturated carbocycles. The first-order chi connectivity index (χ1) is 26.7. The molecule has 3 aliphatic rings. The molecule has 304 valence electrons. The number of rotatable bonds is 19. The highest BCUT2D eigenvalue weighted by molar-refractivity contribution is 7.85. The van der Waals surface area contributed by atoms with Crippen LogP contribution >= 0.6 is 0 Å². The molecule has 0 radical (unpaired) electrons. The normalized spacial score (nSPS) is 19.0. The monoisotopic (exact) mass is 783 g/mol. The molecule has 0 unspecified atom stereocenters. The van der Waals surface area contributed by atoms with Crippen molar-refractivity contribution >= 4 is 33.1 Å². The fraction of sp³-hybridized carbons (Fsp3) is 0.532. The van der Waals surface area contributed by atoms with Crippen molar-refractivity contribution in [2.24, 2.45) is 0 Å². The Morgan fingerprint density at radius 1 is 0.875 bits per heavy atom. The molecule has 2 aromatic rings. The van der Waals surface area contributed by atoms with Crippen LogP contribution in [0.2, 0.25) is 0 Å². The molecule has 2 N–H and O–H groups in total. The summed E-state index contributed by atoms with van der Waals surface area (Å²) in [6.45, 7) is 19.4. The highest BCUT2D eigenvalue weighted by Gasteiger charge is 2.44. The summed E-state index contributed by atoms with van der Waals surface area (Å²) in [5.41, 5.74) is 10.9. The standard InChI is InChI=1S/C47H66N4O4S/c1-8-11-16-33-50-40-25-14-12-23-38(40)46(4,5)42(50)30-28-36-21-19-22-37(45(36)48-32-20-27-44(52)49(9-2)10-3)29-31-43-47(6,7)39-24-13-15-26-41(39)51(43)34-17-18-35-56(53,54)55/h12-15,23-26,28-31H,8-11,16-22,27,32-35H2,1-7H3,(H,53,54,55)/p+1. The van der Waals surface area contributed by atoms with Gasteiger partial charge < -0.3 is 15.1 Å². The summed E-state index contributed by atoms with van der Waals surface area (Å²) in [5.74, 6) is -0.0257. The fourth-order valence-corrected chi connectivity index (χ4v) is 9.44. The maximum atomic E-state index is 12.9. The highest BCUT2D eigenvalue weighted by atomic mass is 32.2. The molecule has 1 aliphatic carbocycles. The van der Waals surface area contributed by atoms with Gasteiger partial charge in [-0.05, 0) is 101 Å². The zero-order chi connectivity index (χ0) is 40.5. The summed E-state index contributed by atoms with van der Waals surface area (Å²) in [7, 11) is -4.00. The Balaban J connectivity index is 1.52. The lowest BCUT2D eigenvalue weighted by Crippen LogP contribution is -2.31. The number of anilines is 1. The molecule has 5 rings (SSSR count). The van der Waals surface area contributed by atoms with Crippen molar-refractivity contribution in [3.05, 3.63) is 107 Å². The van der Waals surface area contributed by atoms with Gasteiger partial charge in [0.2, 0.25) is 11.6 Å². The third-order valence-corrected chi connectivity index (χ3v) is 12.8. The first-order valence-electron chi connectivity index (χ1n) is 21.2. The van der Waals surface area contributed by atoms with Crippen LogP contribution in [0.15, 0.2) is 95.4 Å². The fourth-order valence-electron chi connectivity index (χ4n) is 8.87. The predicted octanol–water partition coefficient (Wildman–Crippen LogP) is 9.76. The van der Waals surface area contributed by atoms with Gasteiger partial charge in [-0.3, -0.25) is 9.35 Å². The van der Waals surface area contributed by atoms with E-state index in [2.05, 4.69) is 122 Å². The second kappa shape index (κ2) is 19.0. The number of carbonyl (C=O) groups is 1. The van der Waals surface area contributed by atoms with Crippen LogP contribution in [0.25, 0.3) is 0 Å². The maximum absolute atomic E-state index is 12.9. The van der Waals surface area contributed by atoms with Crippen molar-refractivity contribution in [2.75, 3.05) is 43.4 Å². The van der Waals surface area contributed by atoms with Crippen molar-refractivity contribution in [3.63, 3.8) is 0 Å². The number of hydrogen-bond acceptors (Lipinski definition) is 5. The second-order valence-electron chi connectivity index (χ2n) is 16.6. The molecule has 9 heteroatoms. The molecule has 8 nitrogen and oxygen atoms in total. The smallest absolute Gasteiger partial charge is 0.264 e. The van der Waals surface area contributed by atoms with Crippen LogP contribution in [0, 0.1) is 0 Å². The number of unbranched alkanes of at least 4 members (excludes halogenated alkanes) is 3. The minimum atomic E-state index is -4.00. The first kappa shape index (κ1) is 43.2. The van der Waals surface area contributed by atoms with E-state index in [1.165, 1.54) is 57.9 Å². The molecular formula is C47H67N4O4S+. The average molecular weight is 784 g/mol. The number of carbonyl (C=O) groups excluding carboxylic acids is 1. The minimum absolute atomic E-state index is 0.121. The van der Waals surface area contributed by atoms with Crippen LogP contribution in [-0.4, -0.2) is 72.5 Å². The first-order valence-corrected chi connectivity index (χ1v) is 22.8. The molecule has 0 atom stereocenters.